The Balaban J connectivity index is 2.45. The summed E-state index contributed by atoms with van der Waals surface area (Å²) in [4.78, 5) is 1.28. The van der Waals surface area contributed by atoms with Crippen LogP contribution < -0.4 is 5.32 Å². The van der Waals surface area contributed by atoms with E-state index in [1.54, 1.807) is 7.05 Å². The third-order valence-electron chi connectivity index (χ3n) is 2.01. The van der Waals surface area contributed by atoms with Gasteiger partial charge in [0.25, 0.3) is 0 Å². The third-order valence-corrected chi connectivity index (χ3v) is 2.01. The number of anilines is 1. The van der Waals surface area contributed by atoms with Gasteiger partial charge in [0.1, 0.15) is 11.9 Å². The number of hydrogen-bond donors (Lipinski definition) is 1. The van der Waals surface area contributed by atoms with Gasteiger partial charge in [0, 0.05) is 7.05 Å². The van der Waals surface area contributed by atoms with Crippen LogP contribution in [0.15, 0.2) is 24.3 Å². The van der Waals surface area contributed by atoms with Gasteiger partial charge in [-0.2, -0.15) is 5.26 Å². The zero-order valence-corrected chi connectivity index (χ0v) is 8.48. The Morgan fingerprint density at radius 1 is 1.31 bits per heavy atom. The fraction of sp³-hybridized carbons (Fsp3) is 0.100. The molecule has 0 unspecified atom stereocenters. The zero-order valence-electron chi connectivity index (χ0n) is 8.48. The highest BCUT2D eigenvalue weighted by atomic mass is 19.1. The Morgan fingerprint density at radius 2 is 2.00 bits per heavy atom. The molecule has 0 aliphatic rings. The first-order chi connectivity index (χ1) is 7.74. The molecule has 0 radical (unpaired) electrons. The number of aromatic nitrogens is 3. The molecule has 0 fully saturated rings. The minimum absolute atomic E-state index is 0.201. The number of halogens is 1. The van der Waals surface area contributed by atoms with Crippen LogP contribution in [0.25, 0.3) is 5.69 Å². The van der Waals surface area contributed by atoms with Gasteiger partial charge in [-0.25, -0.2) is 4.39 Å². The van der Waals surface area contributed by atoms with Crippen molar-refractivity contribution in [3.8, 4) is 11.8 Å². The molecule has 5 nitrogen and oxygen atoms in total. The summed E-state index contributed by atoms with van der Waals surface area (Å²) in [7, 11) is 1.65. The second-order valence-electron chi connectivity index (χ2n) is 3.02. The van der Waals surface area contributed by atoms with Gasteiger partial charge >= 0.3 is 0 Å². The Morgan fingerprint density at radius 3 is 2.50 bits per heavy atom. The van der Waals surface area contributed by atoms with Crippen molar-refractivity contribution in [3.63, 3.8) is 0 Å². The fourth-order valence-electron chi connectivity index (χ4n) is 1.24. The van der Waals surface area contributed by atoms with E-state index < -0.39 is 0 Å². The van der Waals surface area contributed by atoms with E-state index >= 15 is 0 Å². The normalized spacial score (nSPS) is 9.81. The van der Waals surface area contributed by atoms with Gasteiger partial charge < -0.3 is 5.32 Å². The molecule has 0 spiro atoms. The van der Waals surface area contributed by atoms with Gasteiger partial charge in [-0.1, -0.05) is 0 Å². The molecule has 80 valence electrons. The molecule has 0 saturated carbocycles. The first kappa shape index (κ1) is 10.1. The molecule has 2 rings (SSSR count). The van der Waals surface area contributed by atoms with Crippen molar-refractivity contribution in [2.45, 2.75) is 0 Å². The quantitative estimate of drug-likeness (QED) is 0.823. The number of nitrogens with zero attached hydrogens (tertiary/aromatic N) is 4. The lowest BCUT2D eigenvalue weighted by Crippen LogP contribution is -1.99. The molecule has 2 aromatic rings. The highest BCUT2D eigenvalue weighted by Crippen LogP contribution is 2.12. The van der Waals surface area contributed by atoms with Crippen LogP contribution in [0.5, 0.6) is 0 Å². The van der Waals surface area contributed by atoms with Gasteiger partial charge in [-0.15, -0.1) is 15.0 Å². The summed E-state index contributed by atoms with van der Waals surface area (Å²) in [5, 5.41) is 19.6. The van der Waals surface area contributed by atoms with E-state index in [0.29, 0.717) is 11.5 Å². The van der Waals surface area contributed by atoms with E-state index in [0.717, 1.165) is 0 Å². The van der Waals surface area contributed by atoms with E-state index in [-0.39, 0.29) is 11.5 Å². The predicted molar refractivity (Wildman–Crippen MR) is 55.6 cm³/mol. The third kappa shape index (κ3) is 1.70. The van der Waals surface area contributed by atoms with Crippen molar-refractivity contribution >= 4 is 5.82 Å². The standard InChI is InChI=1S/C10H8FN5/c1-13-10-9(6-12)14-16(15-10)8-4-2-7(11)3-5-8/h2-5H,1H3,(H,13,15). The van der Waals surface area contributed by atoms with Crippen molar-refractivity contribution in [3.05, 3.63) is 35.8 Å². The molecule has 16 heavy (non-hydrogen) atoms. The van der Waals surface area contributed by atoms with Gasteiger partial charge in [-0.05, 0) is 24.3 Å². The van der Waals surface area contributed by atoms with E-state index in [1.165, 1.54) is 29.1 Å². The van der Waals surface area contributed by atoms with Crippen LogP contribution in [-0.4, -0.2) is 22.0 Å². The summed E-state index contributed by atoms with van der Waals surface area (Å²) in [6, 6.07) is 7.61. The Labute approximate surface area is 91.1 Å². The maximum Gasteiger partial charge on any atom is 0.207 e. The van der Waals surface area contributed by atoms with Crippen LogP contribution >= 0.6 is 0 Å². The summed E-state index contributed by atoms with van der Waals surface area (Å²) in [5.41, 5.74) is 0.797. The lowest BCUT2D eigenvalue weighted by molar-refractivity contribution is 0.626. The average molecular weight is 217 g/mol. The predicted octanol–water partition coefficient (Wildman–Crippen LogP) is 1.32. The lowest BCUT2D eigenvalue weighted by Gasteiger charge is -1.97. The largest absolute Gasteiger partial charge is 0.369 e. The van der Waals surface area contributed by atoms with Gasteiger partial charge in [-0.3, -0.25) is 0 Å². The van der Waals surface area contributed by atoms with E-state index in [2.05, 4.69) is 15.5 Å². The Bertz CT molecular complexity index is 537. The average Bonchev–Trinajstić information content (AvgIpc) is 2.73. The monoisotopic (exact) mass is 217 g/mol. The van der Waals surface area contributed by atoms with Crippen LogP contribution in [0.1, 0.15) is 5.69 Å². The molecular formula is C10H8FN5. The summed E-state index contributed by atoms with van der Waals surface area (Å²) >= 11 is 0. The second kappa shape index (κ2) is 3.98. The van der Waals surface area contributed by atoms with E-state index in [4.69, 9.17) is 5.26 Å². The van der Waals surface area contributed by atoms with E-state index in [1.807, 2.05) is 6.07 Å². The molecule has 0 amide bonds. The maximum atomic E-state index is 12.7. The van der Waals surface area contributed by atoms with Crippen molar-refractivity contribution in [1.29, 1.82) is 5.26 Å². The highest BCUT2D eigenvalue weighted by molar-refractivity contribution is 5.47. The Kier molecular flexibility index (Phi) is 2.52. The SMILES string of the molecule is CNc1nn(-c2ccc(F)cc2)nc1C#N. The molecule has 1 heterocycles. The number of benzene rings is 1. The molecule has 1 N–H and O–H groups in total. The molecule has 6 heteroatoms. The first-order valence-corrected chi connectivity index (χ1v) is 4.55. The molecule has 0 atom stereocenters. The molecule has 0 aliphatic carbocycles. The molecule has 1 aromatic heterocycles. The van der Waals surface area contributed by atoms with Crippen LogP contribution in [0, 0.1) is 17.1 Å². The van der Waals surface area contributed by atoms with Crippen molar-refractivity contribution in [2.24, 2.45) is 0 Å². The Hall–Kier alpha value is -2.42. The molecule has 0 saturated heterocycles. The van der Waals surface area contributed by atoms with Crippen molar-refractivity contribution in [2.75, 3.05) is 12.4 Å². The molecule has 1 aromatic carbocycles. The molecule has 0 bridgehead atoms. The van der Waals surface area contributed by atoms with E-state index in [9.17, 15) is 4.39 Å². The fourth-order valence-corrected chi connectivity index (χ4v) is 1.24. The maximum absolute atomic E-state index is 12.7. The zero-order chi connectivity index (χ0) is 11.5. The number of hydrogen-bond acceptors (Lipinski definition) is 4. The van der Waals surface area contributed by atoms with Crippen LogP contribution in [0.4, 0.5) is 10.2 Å². The highest BCUT2D eigenvalue weighted by Gasteiger charge is 2.09. The van der Waals surface area contributed by atoms with Gasteiger partial charge in [0.15, 0.2) is 5.82 Å². The van der Waals surface area contributed by atoms with Crippen LogP contribution in [-0.2, 0) is 0 Å². The lowest BCUT2D eigenvalue weighted by atomic mass is 10.3. The molecular weight excluding hydrogens is 209 g/mol. The number of nitriles is 1. The molecule has 0 aliphatic heterocycles. The minimum atomic E-state index is -0.328. The van der Waals surface area contributed by atoms with Gasteiger partial charge in [0.2, 0.25) is 5.69 Å². The summed E-state index contributed by atoms with van der Waals surface area (Å²) in [5.74, 6) is 0.0667. The van der Waals surface area contributed by atoms with Crippen LogP contribution in [0.2, 0.25) is 0 Å². The summed E-state index contributed by atoms with van der Waals surface area (Å²) in [6.45, 7) is 0. The minimum Gasteiger partial charge on any atom is -0.369 e. The summed E-state index contributed by atoms with van der Waals surface area (Å²) in [6.07, 6.45) is 0. The summed E-state index contributed by atoms with van der Waals surface area (Å²) < 4.78 is 12.7. The topological polar surface area (TPSA) is 66.5 Å². The van der Waals surface area contributed by atoms with Crippen LogP contribution in [0.3, 0.4) is 0 Å². The van der Waals surface area contributed by atoms with Gasteiger partial charge in [0.05, 0.1) is 5.69 Å². The van der Waals surface area contributed by atoms with Crippen molar-refractivity contribution < 1.29 is 4.39 Å². The van der Waals surface area contributed by atoms with Crippen molar-refractivity contribution in [1.82, 2.24) is 15.0 Å². The smallest absolute Gasteiger partial charge is 0.207 e. The second-order valence-corrected chi connectivity index (χ2v) is 3.02. The number of nitrogens with one attached hydrogen (secondary N) is 1. The number of rotatable bonds is 2. The first-order valence-electron chi connectivity index (χ1n) is 4.55.